The van der Waals surface area contributed by atoms with Crippen LogP contribution in [0, 0.1) is 0 Å². The Balaban J connectivity index is 2.02. The van der Waals surface area contributed by atoms with E-state index in [0.29, 0.717) is 19.7 Å². The third kappa shape index (κ3) is 3.93. The highest BCUT2D eigenvalue weighted by Crippen LogP contribution is 2.05. The third-order valence-corrected chi connectivity index (χ3v) is 2.72. The predicted molar refractivity (Wildman–Crippen MR) is 74.1 cm³/mol. The molecule has 0 aliphatic carbocycles. The van der Waals surface area contributed by atoms with Crippen LogP contribution < -0.4 is 10.9 Å². The summed E-state index contributed by atoms with van der Waals surface area (Å²) < 4.78 is 6.61. The summed E-state index contributed by atoms with van der Waals surface area (Å²) in [7, 11) is 1.62. The molecule has 2 aromatic rings. The summed E-state index contributed by atoms with van der Waals surface area (Å²) in [5.41, 5.74) is 1.82. The third-order valence-electron chi connectivity index (χ3n) is 2.72. The molecule has 0 aliphatic rings. The van der Waals surface area contributed by atoms with Crippen molar-refractivity contribution >= 4 is 5.69 Å². The number of pyridine rings is 2. The molecule has 0 fully saturated rings. The van der Waals surface area contributed by atoms with Crippen LogP contribution in [-0.4, -0.2) is 23.3 Å². The summed E-state index contributed by atoms with van der Waals surface area (Å²) in [6.07, 6.45) is 3.56. The molecule has 1 N–H and O–H groups in total. The molecule has 0 aliphatic heterocycles. The summed E-state index contributed by atoms with van der Waals surface area (Å²) in [5.74, 6) is 0. The van der Waals surface area contributed by atoms with Gasteiger partial charge in [0.25, 0.3) is 5.56 Å². The highest BCUT2D eigenvalue weighted by atomic mass is 16.5. The van der Waals surface area contributed by atoms with E-state index in [1.54, 1.807) is 36.2 Å². The first-order chi connectivity index (χ1) is 9.29. The molecule has 19 heavy (non-hydrogen) atoms. The lowest BCUT2D eigenvalue weighted by Crippen LogP contribution is -2.21. The van der Waals surface area contributed by atoms with Crippen molar-refractivity contribution in [1.82, 2.24) is 9.55 Å². The lowest BCUT2D eigenvalue weighted by atomic mass is 10.3. The molecule has 0 spiro atoms. The van der Waals surface area contributed by atoms with Crippen LogP contribution in [0.1, 0.15) is 5.69 Å². The molecule has 100 valence electrons. The lowest BCUT2D eigenvalue weighted by Gasteiger charge is -2.09. The van der Waals surface area contributed by atoms with Gasteiger partial charge in [0.15, 0.2) is 0 Å². The van der Waals surface area contributed by atoms with Crippen molar-refractivity contribution in [3.8, 4) is 0 Å². The highest BCUT2D eigenvalue weighted by molar-refractivity contribution is 5.40. The molecule has 0 unspecified atom stereocenters. The standard InChI is InChI=1S/C14H17N3O2/c1-19-9-8-17-11-13(5-6-14(17)18)16-10-12-4-2-3-7-15-12/h2-7,11,16H,8-10H2,1H3. The van der Waals surface area contributed by atoms with E-state index in [1.807, 2.05) is 18.2 Å². The van der Waals surface area contributed by atoms with Crippen molar-refractivity contribution in [3.05, 3.63) is 58.8 Å². The molecule has 5 nitrogen and oxygen atoms in total. The molecule has 0 atom stereocenters. The largest absolute Gasteiger partial charge is 0.383 e. The van der Waals surface area contributed by atoms with E-state index in [0.717, 1.165) is 11.4 Å². The van der Waals surface area contributed by atoms with Gasteiger partial charge in [0, 0.05) is 32.1 Å². The second kappa shape index (κ2) is 6.70. The number of ether oxygens (including phenoxy) is 1. The van der Waals surface area contributed by atoms with E-state index >= 15 is 0 Å². The van der Waals surface area contributed by atoms with Crippen molar-refractivity contribution in [2.75, 3.05) is 19.0 Å². The van der Waals surface area contributed by atoms with Crippen LogP contribution in [0.15, 0.2) is 47.5 Å². The average Bonchev–Trinajstić information content (AvgIpc) is 2.46. The second-order valence-electron chi connectivity index (χ2n) is 4.12. The van der Waals surface area contributed by atoms with Gasteiger partial charge >= 0.3 is 0 Å². The molecule has 0 amide bonds. The first-order valence-corrected chi connectivity index (χ1v) is 6.13. The van der Waals surface area contributed by atoms with Gasteiger partial charge in [0.05, 0.1) is 24.5 Å². The Kier molecular flexibility index (Phi) is 4.69. The first kappa shape index (κ1) is 13.3. The molecule has 2 aromatic heterocycles. The Morgan fingerprint density at radius 2 is 2.21 bits per heavy atom. The zero-order valence-electron chi connectivity index (χ0n) is 10.9. The smallest absolute Gasteiger partial charge is 0.250 e. The molecule has 2 rings (SSSR count). The fourth-order valence-corrected chi connectivity index (χ4v) is 1.70. The van der Waals surface area contributed by atoms with Gasteiger partial charge in [0.1, 0.15) is 0 Å². The molecule has 0 aromatic carbocycles. The maximum Gasteiger partial charge on any atom is 0.250 e. The van der Waals surface area contributed by atoms with Crippen molar-refractivity contribution in [2.24, 2.45) is 0 Å². The first-order valence-electron chi connectivity index (χ1n) is 6.13. The SMILES string of the molecule is COCCn1cc(NCc2ccccn2)ccc1=O. The monoisotopic (exact) mass is 259 g/mol. The number of rotatable bonds is 6. The van der Waals surface area contributed by atoms with Gasteiger partial charge in [-0.3, -0.25) is 9.78 Å². The van der Waals surface area contributed by atoms with Crippen LogP contribution in [0.4, 0.5) is 5.69 Å². The molecule has 0 radical (unpaired) electrons. The maximum absolute atomic E-state index is 11.6. The number of anilines is 1. The van der Waals surface area contributed by atoms with E-state index in [-0.39, 0.29) is 5.56 Å². The molecular formula is C14H17N3O2. The molecular weight excluding hydrogens is 242 g/mol. The van der Waals surface area contributed by atoms with Crippen LogP contribution in [0.25, 0.3) is 0 Å². The molecule has 0 saturated heterocycles. The zero-order valence-corrected chi connectivity index (χ0v) is 10.9. The van der Waals surface area contributed by atoms with Crippen LogP contribution in [-0.2, 0) is 17.8 Å². The van der Waals surface area contributed by atoms with Gasteiger partial charge in [-0.25, -0.2) is 0 Å². The normalized spacial score (nSPS) is 10.4. The van der Waals surface area contributed by atoms with Crippen molar-refractivity contribution in [2.45, 2.75) is 13.1 Å². The number of methoxy groups -OCH3 is 1. The van der Waals surface area contributed by atoms with Crippen molar-refractivity contribution in [1.29, 1.82) is 0 Å². The van der Waals surface area contributed by atoms with Gasteiger partial charge in [-0.1, -0.05) is 6.07 Å². The Bertz CT molecular complexity index is 566. The zero-order chi connectivity index (χ0) is 13.5. The van der Waals surface area contributed by atoms with Crippen LogP contribution in [0.5, 0.6) is 0 Å². The number of hydrogen-bond donors (Lipinski definition) is 1. The topological polar surface area (TPSA) is 56.1 Å². The molecule has 0 saturated carbocycles. The highest BCUT2D eigenvalue weighted by Gasteiger charge is 1.99. The Morgan fingerprint density at radius 1 is 1.32 bits per heavy atom. The Morgan fingerprint density at radius 3 is 2.95 bits per heavy atom. The van der Waals surface area contributed by atoms with Gasteiger partial charge in [0.2, 0.25) is 0 Å². The minimum absolute atomic E-state index is 0.0274. The molecule has 5 heteroatoms. The second-order valence-corrected chi connectivity index (χ2v) is 4.12. The van der Waals surface area contributed by atoms with Gasteiger partial charge < -0.3 is 14.6 Å². The lowest BCUT2D eigenvalue weighted by molar-refractivity contribution is 0.186. The van der Waals surface area contributed by atoms with Crippen LogP contribution >= 0.6 is 0 Å². The number of nitrogens with zero attached hydrogens (tertiary/aromatic N) is 2. The van der Waals surface area contributed by atoms with Gasteiger partial charge in [-0.05, 0) is 18.2 Å². The summed E-state index contributed by atoms with van der Waals surface area (Å²) in [4.78, 5) is 15.9. The fourth-order valence-electron chi connectivity index (χ4n) is 1.70. The van der Waals surface area contributed by atoms with E-state index in [1.165, 1.54) is 0 Å². The molecule has 0 bridgehead atoms. The van der Waals surface area contributed by atoms with E-state index in [2.05, 4.69) is 10.3 Å². The number of hydrogen-bond acceptors (Lipinski definition) is 4. The minimum Gasteiger partial charge on any atom is -0.383 e. The molecule has 2 heterocycles. The van der Waals surface area contributed by atoms with Gasteiger partial charge in [-0.2, -0.15) is 0 Å². The van der Waals surface area contributed by atoms with E-state index < -0.39 is 0 Å². The summed E-state index contributed by atoms with van der Waals surface area (Å²) >= 11 is 0. The minimum atomic E-state index is -0.0274. The number of nitrogens with one attached hydrogen (secondary N) is 1. The van der Waals surface area contributed by atoms with Crippen LogP contribution in [0.3, 0.4) is 0 Å². The maximum atomic E-state index is 11.6. The quantitative estimate of drug-likeness (QED) is 0.854. The fraction of sp³-hybridized carbons (Fsp3) is 0.286. The van der Waals surface area contributed by atoms with Crippen molar-refractivity contribution in [3.63, 3.8) is 0 Å². The predicted octanol–water partition coefficient (Wildman–Crippen LogP) is 1.50. The van der Waals surface area contributed by atoms with Crippen molar-refractivity contribution < 1.29 is 4.74 Å². The Hall–Kier alpha value is -2.14. The summed E-state index contributed by atoms with van der Waals surface area (Å²) in [6, 6.07) is 9.11. The summed E-state index contributed by atoms with van der Waals surface area (Å²) in [5, 5.41) is 3.24. The summed E-state index contributed by atoms with van der Waals surface area (Å²) in [6.45, 7) is 1.70. The average molecular weight is 259 g/mol. The van der Waals surface area contributed by atoms with E-state index in [4.69, 9.17) is 4.74 Å². The van der Waals surface area contributed by atoms with Gasteiger partial charge in [-0.15, -0.1) is 0 Å². The number of aromatic nitrogens is 2. The van der Waals surface area contributed by atoms with E-state index in [9.17, 15) is 4.79 Å². The Labute approximate surface area is 111 Å². The van der Waals surface area contributed by atoms with Crippen LogP contribution in [0.2, 0.25) is 0 Å².